The van der Waals surface area contributed by atoms with Gasteiger partial charge in [0.15, 0.2) is 6.61 Å². The van der Waals surface area contributed by atoms with Gasteiger partial charge in [-0.05, 0) is 77.8 Å². The van der Waals surface area contributed by atoms with Gasteiger partial charge in [-0.15, -0.1) is 0 Å². The van der Waals surface area contributed by atoms with Gasteiger partial charge in [0.25, 0.3) is 11.8 Å². The molecule has 0 aliphatic carbocycles. The van der Waals surface area contributed by atoms with Gasteiger partial charge in [-0.25, -0.2) is 4.39 Å². The summed E-state index contributed by atoms with van der Waals surface area (Å²) in [5.41, 5.74) is 3.05. The second-order valence-corrected chi connectivity index (χ2v) is 11.5. The van der Waals surface area contributed by atoms with Crippen LogP contribution < -0.4 is 20.1 Å². The van der Waals surface area contributed by atoms with Crippen molar-refractivity contribution in [1.29, 1.82) is 0 Å². The van der Waals surface area contributed by atoms with Crippen LogP contribution in [-0.2, 0) is 22.7 Å². The maximum Gasteiger partial charge on any atom is 0.258 e. The Morgan fingerprint density at radius 1 is 0.978 bits per heavy atom. The third-order valence-electron chi connectivity index (χ3n) is 7.99. The van der Waals surface area contributed by atoms with E-state index < -0.39 is 23.9 Å². The highest BCUT2D eigenvalue weighted by atomic mass is 19.1. The van der Waals surface area contributed by atoms with Gasteiger partial charge in [-0.3, -0.25) is 24.3 Å². The molecule has 4 heterocycles. The van der Waals surface area contributed by atoms with Gasteiger partial charge in [0.05, 0.1) is 24.7 Å². The minimum absolute atomic E-state index is 0.117. The van der Waals surface area contributed by atoms with E-state index in [4.69, 9.17) is 9.47 Å². The van der Waals surface area contributed by atoms with Crippen molar-refractivity contribution in [3.05, 3.63) is 114 Å². The Balaban J connectivity index is 1.26. The molecule has 3 aromatic carbocycles. The van der Waals surface area contributed by atoms with Gasteiger partial charge in [0.1, 0.15) is 23.4 Å². The number of aromatic nitrogens is 1. The summed E-state index contributed by atoms with van der Waals surface area (Å²) in [7, 11) is 1.87. The van der Waals surface area contributed by atoms with Crippen molar-refractivity contribution < 1.29 is 28.2 Å². The molecular weight excluding hydrogens is 589 g/mol. The fourth-order valence-electron chi connectivity index (χ4n) is 5.57. The number of nitrogens with one attached hydrogen (secondary N) is 2. The molecule has 0 radical (unpaired) electrons. The first kappa shape index (κ1) is 30.7. The van der Waals surface area contributed by atoms with E-state index in [1.54, 1.807) is 53.7 Å². The molecule has 2 N–H and O–H groups in total. The third kappa shape index (κ3) is 7.49. The highest BCUT2D eigenvalue weighted by Crippen LogP contribution is 2.27. The molecule has 3 amide bonds. The predicted molar refractivity (Wildman–Crippen MR) is 168 cm³/mol. The van der Waals surface area contributed by atoms with Crippen molar-refractivity contribution in [2.24, 2.45) is 0 Å². The summed E-state index contributed by atoms with van der Waals surface area (Å²) in [6.45, 7) is 1.29. The van der Waals surface area contributed by atoms with E-state index in [9.17, 15) is 14.4 Å². The molecule has 11 heteroatoms. The average Bonchev–Trinajstić information content (AvgIpc) is 3.45. The Bertz CT molecular complexity index is 1720. The van der Waals surface area contributed by atoms with Crippen LogP contribution in [0, 0.1) is 5.82 Å². The zero-order valence-electron chi connectivity index (χ0n) is 25.3. The highest BCUT2D eigenvalue weighted by Gasteiger charge is 2.38. The zero-order valence-corrected chi connectivity index (χ0v) is 25.3. The quantitative estimate of drug-likeness (QED) is 0.358. The molecule has 0 unspecified atom stereocenters. The second kappa shape index (κ2) is 13.8. The summed E-state index contributed by atoms with van der Waals surface area (Å²) in [4.78, 5) is 47.0. The molecular formula is C35H34FN5O5. The van der Waals surface area contributed by atoms with Gasteiger partial charge >= 0.3 is 0 Å². The molecule has 46 heavy (non-hydrogen) atoms. The summed E-state index contributed by atoms with van der Waals surface area (Å²) in [6.07, 6.45) is 2.84. The van der Waals surface area contributed by atoms with Gasteiger partial charge in [-0.1, -0.05) is 30.3 Å². The minimum Gasteiger partial charge on any atom is -0.486 e. The SMILES string of the molecule is CN(CC(=O)N1C[C@@H]2NC(=O)c3cc(ccc3F)-c3cccc(c3)OCC(=O)NCc3ccc(cc3)O[C@H]2C1)Cc1ccncc1. The Morgan fingerprint density at radius 2 is 1.76 bits per heavy atom. The van der Waals surface area contributed by atoms with E-state index in [1.807, 2.05) is 42.3 Å². The predicted octanol–water partition coefficient (Wildman–Crippen LogP) is 3.42. The Labute approximate surface area is 266 Å². The smallest absolute Gasteiger partial charge is 0.258 e. The summed E-state index contributed by atoms with van der Waals surface area (Å²) < 4.78 is 27.1. The number of rotatable bonds is 4. The number of benzene rings is 3. The number of carbonyl (C=O) groups excluding carboxylic acids is 3. The molecule has 1 saturated heterocycles. The molecule has 1 aromatic heterocycles. The summed E-state index contributed by atoms with van der Waals surface area (Å²) in [6, 6.07) is 21.8. The van der Waals surface area contributed by atoms with Gasteiger partial charge in [0, 0.05) is 32.0 Å². The number of hydrogen-bond acceptors (Lipinski definition) is 7. The first-order chi connectivity index (χ1) is 22.3. The van der Waals surface area contributed by atoms with Crippen LogP contribution in [0.25, 0.3) is 11.1 Å². The van der Waals surface area contributed by atoms with Crippen molar-refractivity contribution in [2.75, 3.05) is 33.3 Å². The number of likely N-dealkylation sites (N-methyl/N-ethyl adjacent to an activating group) is 1. The minimum atomic E-state index is -0.677. The lowest BCUT2D eigenvalue weighted by atomic mass is 10.0. The number of amides is 3. The molecule has 2 atom stereocenters. The van der Waals surface area contributed by atoms with Gasteiger partial charge < -0.3 is 25.0 Å². The average molecular weight is 624 g/mol. The molecule has 6 bridgehead atoms. The fraction of sp³-hybridized carbons (Fsp3) is 0.257. The van der Waals surface area contributed by atoms with E-state index in [0.29, 0.717) is 35.7 Å². The number of hydrogen-bond donors (Lipinski definition) is 2. The normalized spacial score (nSPS) is 18.2. The van der Waals surface area contributed by atoms with Crippen molar-refractivity contribution in [3.8, 4) is 22.6 Å². The van der Waals surface area contributed by atoms with E-state index in [-0.39, 0.29) is 43.6 Å². The molecule has 7 rings (SSSR count). The van der Waals surface area contributed by atoms with Crippen LogP contribution in [0.15, 0.2) is 91.3 Å². The molecule has 3 aliphatic rings. The van der Waals surface area contributed by atoms with Gasteiger partial charge in [0.2, 0.25) is 5.91 Å². The summed E-state index contributed by atoms with van der Waals surface area (Å²) in [5, 5.41) is 5.79. The monoisotopic (exact) mass is 623 g/mol. The van der Waals surface area contributed by atoms with Crippen molar-refractivity contribution in [2.45, 2.75) is 25.2 Å². The Hall–Kier alpha value is -5.29. The number of carbonyl (C=O) groups is 3. The lowest BCUT2D eigenvalue weighted by Gasteiger charge is -2.21. The topological polar surface area (TPSA) is 113 Å². The first-order valence-corrected chi connectivity index (χ1v) is 15.0. The van der Waals surface area contributed by atoms with Crippen LogP contribution in [0.5, 0.6) is 11.5 Å². The van der Waals surface area contributed by atoms with E-state index >= 15 is 4.39 Å². The van der Waals surface area contributed by atoms with E-state index in [1.165, 1.54) is 12.1 Å². The standard InChI is InChI=1S/C35H34FN5O5/c1-40(18-24-11-13-37-14-12-24)21-34(43)41-19-31-32(20-41)46-27-8-5-23(6-9-27)17-38-33(42)22-45-28-4-2-3-25(15-28)26-7-10-30(36)29(16-26)35(44)39-31/h2-16,31-32H,17-22H2,1H3,(H,38,42)(H,39,44)/t31-,32-/m0/s1. The van der Waals surface area contributed by atoms with Crippen LogP contribution in [0.4, 0.5) is 4.39 Å². The lowest BCUT2D eigenvalue weighted by molar-refractivity contribution is -0.131. The maximum atomic E-state index is 15.1. The summed E-state index contributed by atoms with van der Waals surface area (Å²) >= 11 is 0. The molecule has 10 nitrogen and oxygen atoms in total. The highest BCUT2D eigenvalue weighted by molar-refractivity contribution is 5.96. The fourth-order valence-corrected chi connectivity index (χ4v) is 5.57. The zero-order chi connectivity index (χ0) is 32.0. The number of ether oxygens (including phenoxy) is 2. The summed E-state index contributed by atoms with van der Waals surface area (Å²) in [5.74, 6) is -0.698. The van der Waals surface area contributed by atoms with Crippen molar-refractivity contribution in [3.63, 3.8) is 0 Å². The Morgan fingerprint density at radius 3 is 2.57 bits per heavy atom. The number of halogens is 1. The number of fused-ring (bicyclic) bond motifs is 7. The van der Waals surface area contributed by atoms with Crippen molar-refractivity contribution >= 4 is 17.7 Å². The molecule has 4 aromatic rings. The first-order valence-electron chi connectivity index (χ1n) is 15.0. The van der Waals surface area contributed by atoms with Crippen LogP contribution in [-0.4, -0.2) is 77.9 Å². The maximum absolute atomic E-state index is 15.1. The second-order valence-electron chi connectivity index (χ2n) is 11.5. The number of likely N-dealkylation sites (tertiary alicyclic amines) is 1. The lowest BCUT2D eigenvalue weighted by Crippen LogP contribution is -2.45. The molecule has 0 saturated carbocycles. The van der Waals surface area contributed by atoms with E-state index in [0.717, 1.165) is 11.1 Å². The molecule has 0 spiro atoms. The molecule has 1 fully saturated rings. The Kier molecular flexibility index (Phi) is 9.20. The van der Waals surface area contributed by atoms with Crippen LogP contribution in [0.3, 0.4) is 0 Å². The van der Waals surface area contributed by atoms with E-state index in [2.05, 4.69) is 15.6 Å². The largest absolute Gasteiger partial charge is 0.486 e. The van der Waals surface area contributed by atoms with Crippen LogP contribution >= 0.6 is 0 Å². The number of nitrogens with zero attached hydrogens (tertiary/aromatic N) is 3. The third-order valence-corrected chi connectivity index (χ3v) is 7.99. The van der Waals surface area contributed by atoms with Crippen molar-refractivity contribution in [1.82, 2.24) is 25.4 Å². The number of pyridine rings is 1. The van der Waals surface area contributed by atoms with Gasteiger partial charge in [-0.2, -0.15) is 0 Å². The van der Waals surface area contributed by atoms with Crippen LogP contribution in [0.2, 0.25) is 0 Å². The van der Waals surface area contributed by atoms with Crippen LogP contribution in [0.1, 0.15) is 21.5 Å². The molecule has 3 aliphatic heterocycles. The molecule has 236 valence electrons.